The molecule has 1 aliphatic heterocycles. The maximum atomic E-state index is 5.59. The number of hydrogen-bond donors (Lipinski definition) is 1. The summed E-state index contributed by atoms with van der Waals surface area (Å²) in [4.78, 5) is 0. The van der Waals surface area contributed by atoms with Gasteiger partial charge in [0.15, 0.2) is 0 Å². The summed E-state index contributed by atoms with van der Waals surface area (Å²) in [5, 5.41) is 3.75. The number of hydrogen-bond acceptors (Lipinski definition) is 2. The lowest BCUT2D eigenvalue weighted by Crippen LogP contribution is -2.38. The molecule has 3 fully saturated rings. The lowest BCUT2D eigenvalue weighted by molar-refractivity contribution is 0.112. The molecular formula is C13H23NO. The minimum atomic E-state index is 0.434. The molecule has 0 bridgehead atoms. The monoisotopic (exact) mass is 209 g/mol. The molecule has 1 heterocycles. The standard InChI is InChI=1S/C13H23NO/c1-9-13(6-7-15-9)14-8-12(10-2-3-10)11-4-5-11/h9-14H,2-8H2,1H3. The second kappa shape index (κ2) is 4.06. The molecule has 0 aromatic heterocycles. The van der Waals surface area contributed by atoms with Gasteiger partial charge in [-0.05, 0) is 63.3 Å². The maximum Gasteiger partial charge on any atom is 0.0700 e. The summed E-state index contributed by atoms with van der Waals surface area (Å²) in [6.45, 7) is 4.41. The lowest BCUT2D eigenvalue weighted by Gasteiger charge is -2.21. The van der Waals surface area contributed by atoms with Gasteiger partial charge in [-0.25, -0.2) is 0 Å². The molecule has 0 spiro atoms. The first-order chi connectivity index (χ1) is 7.34. The van der Waals surface area contributed by atoms with Crippen molar-refractivity contribution in [3.8, 4) is 0 Å². The number of ether oxygens (including phenoxy) is 1. The summed E-state index contributed by atoms with van der Waals surface area (Å²) in [6.07, 6.45) is 7.64. The van der Waals surface area contributed by atoms with E-state index in [0.29, 0.717) is 12.1 Å². The Kier molecular flexibility index (Phi) is 2.73. The van der Waals surface area contributed by atoms with Crippen LogP contribution in [0, 0.1) is 17.8 Å². The Morgan fingerprint density at radius 1 is 1.13 bits per heavy atom. The van der Waals surface area contributed by atoms with E-state index in [2.05, 4.69) is 12.2 Å². The van der Waals surface area contributed by atoms with Gasteiger partial charge in [0.05, 0.1) is 6.10 Å². The van der Waals surface area contributed by atoms with Crippen LogP contribution in [0.2, 0.25) is 0 Å². The molecule has 1 N–H and O–H groups in total. The zero-order chi connectivity index (χ0) is 10.3. The average Bonchev–Trinajstić information content (AvgIpc) is 3.11. The van der Waals surface area contributed by atoms with Crippen molar-refractivity contribution in [1.82, 2.24) is 5.32 Å². The minimum absolute atomic E-state index is 0.434. The van der Waals surface area contributed by atoms with E-state index in [1.165, 1.54) is 38.6 Å². The van der Waals surface area contributed by atoms with Crippen molar-refractivity contribution >= 4 is 0 Å². The van der Waals surface area contributed by atoms with Crippen molar-refractivity contribution in [3.05, 3.63) is 0 Å². The third-order valence-corrected chi connectivity index (χ3v) is 4.45. The second-order valence-corrected chi connectivity index (χ2v) is 5.72. The normalized spacial score (nSPS) is 36.4. The Morgan fingerprint density at radius 2 is 1.80 bits per heavy atom. The molecule has 3 aliphatic rings. The van der Waals surface area contributed by atoms with Crippen LogP contribution < -0.4 is 5.32 Å². The van der Waals surface area contributed by atoms with Crippen molar-refractivity contribution < 1.29 is 4.74 Å². The third-order valence-electron chi connectivity index (χ3n) is 4.45. The van der Waals surface area contributed by atoms with Crippen LogP contribution in [-0.2, 0) is 4.74 Å². The van der Waals surface area contributed by atoms with Gasteiger partial charge in [0.1, 0.15) is 0 Å². The largest absolute Gasteiger partial charge is 0.377 e. The van der Waals surface area contributed by atoms with E-state index in [4.69, 9.17) is 4.74 Å². The first-order valence-electron chi connectivity index (χ1n) is 6.69. The van der Waals surface area contributed by atoms with Gasteiger partial charge < -0.3 is 10.1 Å². The minimum Gasteiger partial charge on any atom is -0.377 e. The Hall–Kier alpha value is -0.0800. The smallest absolute Gasteiger partial charge is 0.0700 e. The van der Waals surface area contributed by atoms with Crippen molar-refractivity contribution in [1.29, 1.82) is 0 Å². The van der Waals surface area contributed by atoms with E-state index >= 15 is 0 Å². The highest BCUT2D eigenvalue weighted by molar-refractivity contribution is 4.93. The first-order valence-corrected chi connectivity index (χ1v) is 6.69. The van der Waals surface area contributed by atoms with Crippen LogP contribution in [0.5, 0.6) is 0 Å². The number of rotatable bonds is 5. The quantitative estimate of drug-likeness (QED) is 0.749. The van der Waals surface area contributed by atoms with E-state index in [9.17, 15) is 0 Å². The van der Waals surface area contributed by atoms with Crippen molar-refractivity contribution in [2.45, 2.75) is 51.2 Å². The van der Waals surface area contributed by atoms with Gasteiger partial charge >= 0.3 is 0 Å². The highest BCUT2D eigenvalue weighted by Gasteiger charge is 2.41. The molecule has 2 nitrogen and oxygen atoms in total. The highest BCUT2D eigenvalue weighted by atomic mass is 16.5. The Bertz CT molecular complexity index is 211. The summed E-state index contributed by atoms with van der Waals surface area (Å²) in [5.41, 5.74) is 0. The molecule has 3 rings (SSSR count). The second-order valence-electron chi connectivity index (χ2n) is 5.72. The van der Waals surface area contributed by atoms with Crippen molar-refractivity contribution in [2.75, 3.05) is 13.2 Å². The van der Waals surface area contributed by atoms with Gasteiger partial charge in [0.25, 0.3) is 0 Å². The van der Waals surface area contributed by atoms with E-state index in [0.717, 1.165) is 24.4 Å². The van der Waals surface area contributed by atoms with Crippen LogP contribution in [0.3, 0.4) is 0 Å². The fourth-order valence-corrected chi connectivity index (χ4v) is 3.05. The summed E-state index contributed by atoms with van der Waals surface area (Å²) in [6, 6.07) is 0.630. The fourth-order valence-electron chi connectivity index (χ4n) is 3.05. The molecule has 2 aliphatic carbocycles. The van der Waals surface area contributed by atoms with Crippen LogP contribution in [0.4, 0.5) is 0 Å². The molecular weight excluding hydrogens is 186 g/mol. The van der Waals surface area contributed by atoms with Crippen LogP contribution in [0.25, 0.3) is 0 Å². The Balaban J connectivity index is 1.46. The number of nitrogens with one attached hydrogen (secondary N) is 1. The fraction of sp³-hybridized carbons (Fsp3) is 1.00. The molecule has 86 valence electrons. The lowest BCUT2D eigenvalue weighted by atomic mass is 9.97. The van der Waals surface area contributed by atoms with Gasteiger partial charge in [-0.15, -0.1) is 0 Å². The molecule has 0 amide bonds. The first kappa shape index (κ1) is 10.1. The van der Waals surface area contributed by atoms with E-state index < -0.39 is 0 Å². The molecule has 2 unspecified atom stereocenters. The average molecular weight is 209 g/mol. The zero-order valence-electron chi connectivity index (χ0n) is 9.74. The Labute approximate surface area is 92.8 Å². The Morgan fingerprint density at radius 3 is 2.27 bits per heavy atom. The van der Waals surface area contributed by atoms with Crippen molar-refractivity contribution in [3.63, 3.8) is 0 Å². The molecule has 2 saturated carbocycles. The van der Waals surface area contributed by atoms with Gasteiger partial charge in [0, 0.05) is 12.6 Å². The summed E-state index contributed by atoms with van der Waals surface area (Å²) >= 11 is 0. The predicted molar refractivity (Wildman–Crippen MR) is 60.8 cm³/mol. The molecule has 2 heteroatoms. The van der Waals surface area contributed by atoms with Crippen molar-refractivity contribution in [2.24, 2.45) is 17.8 Å². The molecule has 0 radical (unpaired) electrons. The summed E-state index contributed by atoms with van der Waals surface area (Å²) in [7, 11) is 0. The van der Waals surface area contributed by atoms with Gasteiger partial charge in [-0.3, -0.25) is 0 Å². The topological polar surface area (TPSA) is 21.3 Å². The predicted octanol–water partition coefficient (Wildman–Crippen LogP) is 2.19. The molecule has 2 atom stereocenters. The highest BCUT2D eigenvalue weighted by Crippen LogP contribution is 2.48. The van der Waals surface area contributed by atoms with Gasteiger partial charge in [-0.1, -0.05) is 0 Å². The zero-order valence-corrected chi connectivity index (χ0v) is 9.74. The van der Waals surface area contributed by atoms with Crippen LogP contribution in [0.15, 0.2) is 0 Å². The van der Waals surface area contributed by atoms with E-state index in [1.807, 2.05) is 0 Å². The third kappa shape index (κ3) is 2.36. The van der Waals surface area contributed by atoms with Gasteiger partial charge in [0.2, 0.25) is 0 Å². The summed E-state index contributed by atoms with van der Waals surface area (Å²) < 4.78 is 5.59. The van der Waals surface area contributed by atoms with Gasteiger partial charge in [-0.2, -0.15) is 0 Å². The molecule has 1 saturated heterocycles. The van der Waals surface area contributed by atoms with E-state index in [1.54, 1.807) is 0 Å². The van der Waals surface area contributed by atoms with Crippen LogP contribution >= 0.6 is 0 Å². The molecule has 0 aromatic rings. The molecule has 15 heavy (non-hydrogen) atoms. The van der Waals surface area contributed by atoms with E-state index in [-0.39, 0.29) is 0 Å². The summed E-state index contributed by atoms with van der Waals surface area (Å²) in [5.74, 6) is 3.14. The maximum absolute atomic E-state index is 5.59. The van der Waals surface area contributed by atoms with Crippen LogP contribution in [0.1, 0.15) is 39.0 Å². The SMILES string of the molecule is CC1OCCC1NCC(C1CC1)C1CC1. The molecule has 0 aromatic carbocycles. The van der Waals surface area contributed by atoms with Crippen LogP contribution in [-0.4, -0.2) is 25.3 Å².